The van der Waals surface area contributed by atoms with Crippen molar-refractivity contribution in [1.29, 1.82) is 0 Å². The molecule has 1 heterocycles. The van der Waals surface area contributed by atoms with Crippen LogP contribution in [0.5, 0.6) is 0 Å². The molecule has 13 heteroatoms. The van der Waals surface area contributed by atoms with Gasteiger partial charge in [-0.15, -0.1) is 0 Å². The van der Waals surface area contributed by atoms with Gasteiger partial charge in [0, 0.05) is 18.8 Å². The summed E-state index contributed by atoms with van der Waals surface area (Å²) in [5, 5.41) is 2.61. The largest absolute Gasteiger partial charge is 0.469 e. The summed E-state index contributed by atoms with van der Waals surface area (Å²) in [5.41, 5.74) is 0.282. The van der Waals surface area contributed by atoms with Crippen LogP contribution in [0.25, 0.3) is 0 Å². The molecule has 0 aliphatic carbocycles. The molecule has 2 N–H and O–H groups in total. The first-order valence-corrected chi connectivity index (χ1v) is 13.2. The van der Waals surface area contributed by atoms with Gasteiger partial charge in [0.15, 0.2) is 0 Å². The van der Waals surface area contributed by atoms with Crippen molar-refractivity contribution in [3.05, 3.63) is 54.3 Å². The fourth-order valence-electron chi connectivity index (χ4n) is 3.45. The summed E-state index contributed by atoms with van der Waals surface area (Å²) in [5.74, 6) is -1.68. The Bertz CT molecular complexity index is 1250. The Morgan fingerprint density at radius 3 is 2.26 bits per heavy atom. The number of sulfonamides is 2. The lowest BCUT2D eigenvalue weighted by Gasteiger charge is -2.23. The molecule has 184 valence electrons. The van der Waals surface area contributed by atoms with Gasteiger partial charge >= 0.3 is 5.97 Å². The number of esters is 1. The zero-order chi connectivity index (χ0) is 24.9. The quantitative estimate of drug-likeness (QED) is 0.484. The van der Waals surface area contributed by atoms with Crippen molar-refractivity contribution in [3.8, 4) is 0 Å². The Morgan fingerprint density at radius 1 is 1.03 bits per heavy atom. The average molecular weight is 514 g/mol. The summed E-state index contributed by atoms with van der Waals surface area (Å²) < 4.78 is 71.5. The molecule has 2 aromatic carbocycles. The lowest BCUT2D eigenvalue weighted by atomic mass is 10.2. The summed E-state index contributed by atoms with van der Waals surface area (Å²) in [7, 11) is -6.67. The van der Waals surface area contributed by atoms with Gasteiger partial charge < -0.3 is 10.1 Å². The van der Waals surface area contributed by atoms with E-state index in [2.05, 4.69) is 14.8 Å². The smallest absolute Gasteiger partial charge is 0.306 e. The van der Waals surface area contributed by atoms with Gasteiger partial charge in [-0.25, -0.2) is 25.9 Å². The standard InChI is InChI=1S/C21H24FN3O7S2/c1-32-20(26)12-13-23-33(28,29)17-10-6-16(7-11-17)24-21(27)19-3-2-14-25(19)34(30,31)18-8-4-15(22)5-9-18/h4-11,19,23H,2-3,12-14H2,1H3,(H,24,27). The maximum Gasteiger partial charge on any atom is 0.306 e. The minimum absolute atomic E-state index is 0.0725. The number of carbonyl (C=O) groups excluding carboxylic acids is 2. The molecule has 1 saturated heterocycles. The highest BCUT2D eigenvalue weighted by atomic mass is 32.2. The van der Waals surface area contributed by atoms with Gasteiger partial charge in [0.2, 0.25) is 26.0 Å². The third-order valence-corrected chi connectivity index (χ3v) is 8.61. The molecule has 0 bridgehead atoms. The van der Waals surface area contributed by atoms with Crippen molar-refractivity contribution in [1.82, 2.24) is 9.03 Å². The van der Waals surface area contributed by atoms with Crippen LogP contribution in [0.15, 0.2) is 58.3 Å². The number of nitrogens with one attached hydrogen (secondary N) is 2. The van der Waals surface area contributed by atoms with E-state index in [0.717, 1.165) is 28.6 Å². The topological polar surface area (TPSA) is 139 Å². The van der Waals surface area contributed by atoms with Crippen LogP contribution in [-0.4, -0.2) is 59.3 Å². The molecule has 0 spiro atoms. The second-order valence-electron chi connectivity index (χ2n) is 7.47. The molecule has 1 amide bonds. The van der Waals surface area contributed by atoms with E-state index in [1.807, 2.05) is 0 Å². The molecular formula is C21H24FN3O7S2. The van der Waals surface area contributed by atoms with E-state index in [1.54, 1.807) is 0 Å². The molecule has 1 unspecified atom stereocenters. The number of hydrogen-bond acceptors (Lipinski definition) is 7. The van der Waals surface area contributed by atoms with Gasteiger partial charge in [-0.3, -0.25) is 9.59 Å². The van der Waals surface area contributed by atoms with Gasteiger partial charge in [0.1, 0.15) is 11.9 Å². The molecule has 34 heavy (non-hydrogen) atoms. The molecule has 2 aromatic rings. The van der Waals surface area contributed by atoms with E-state index in [4.69, 9.17) is 0 Å². The van der Waals surface area contributed by atoms with Crippen LogP contribution in [0.2, 0.25) is 0 Å². The highest BCUT2D eigenvalue weighted by Gasteiger charge is 2.39. The molecule has 10 nitrogen and oxygen atoms in total. The van der Waals surface area contributed by atoms with Crippen LogP contribution >= 0.6 is 0 Å². The first-order chi connectivity index (χ1) is 16.0. The molecule has 1 aliphatic heterocycles. The lowest BCUT2D eigenvalue weighted by molar-refractivity contribution is -0.140. The molecule has 1 atom stereocenters. The van der Waals surface area contributed by atoms with Crippen molar-refractivity contribution in [2.45, 2.75) is 35.1 Å². The first kappa shape index (κ1) is 25.7. The number of benzene rings is 2. The van der Waals surface area contributed by atoms with Crippen LogP contribution in [0.4, 0.5) is 10.1 Å². The Balaban J connectivity index is 1.67. The zero-order valence-corrected chi connectivity index (χ0v) is 19.9. The normalized spacial score (nSPS) is 16.8. The fourth-order valence-corrected chi connectivity index (χ4v) is 6.14. The van der Waals surface area contributed by atoms with E-state index in [-0.39, 0.29) is 35.0 Å². The van der Waals surface area contributed by atoms with Crippen LogP contribution in [0.1, 0.15) is 19.3 Å². The number of halogens is 1. The maximum atomic E-state index is 13.2. The summed E-state index contributed by atoms with van der Waals surface area (Å²) >= 11 is 0. The first-order valence-electron chi connectivity index (χ1n) is 10.3. The molecule has 3 rings (SSSR count). The molecule has 0 aromatic heterocycles. The molecule has 0 radical (unpaired) electrons. The predicted molar refractivity (Wildman–Crippen MR) is 120 cm³/mol. The van der Waals surface area contributed by atoms with E-state index in [0.29, 0.717) is 12.8 Å². The average Bonchev–Trinajstić information content (AvgIpc) is 3.31. The second-order valence-corrected chi connectivity index (χ2v) is 11.1. The highest BCUT2D eigenvalue weighted by molar-refractivity contribution is 7.89. The van der Waals surface area contributed by atoms with Gasteiger partial charge in [-0.05, 0) is 61.4 Å². The van der Waals surface area contributed by atoms with Crippen molar-refractivity contribution < 1.29 is 35.6 Å². The number of nitrogens with zero attached hydrogens (tertiary/aromatic N) is 1. The van der Waals surface area contributed by atoms with Gasteiger partial charge in [0.05, 0.1) is 23.3 Å². The Labute approximate surface area is 197 Å². The van der Waals surface area contributed by atoms with Gasteiger partial charge in [-0.2, -0.15) is 4.31 Å². The van der Waals surface area contributed by atoms with Gasteiger partial charge in [-0.1, -0.05) is 0 Å². The Hall–Kier alpha value is -2.87. The number of rotatable bonds is 9. The number of carbonyl (C=O) groups is 2. The fraction of sp³-hybridized carbons (Fsp3) is 0.333. The number of anilines is 1. The van der Waals surface area contributed by atoms with Crippen LogP contribution in [-0.2, 0) is 34.4 Å². The Morgan fingerprint density at radius 2 is 1.65 bits per heavy atom. The zero-order valence-electron chi connectivity index (χ0n) is 18.2. The maximum absolute atomic E-state index is 13.2. The highest BCUT2D eigenvalue weighted by Crippen LogP contribution is 2.27. The minimum Gasteiger partial charge on any atom is -0.469 e. The molecule has 0 saturated carbocycles. The summed E-state index contributed by atoms with van der Waals surface area (Å²) in [6.07, 6.45) is 0.665. The summed E-state index contributed by atoms with van der Waals surface area (Å²) in [6, 6.07) is 8.72. The van der Waals surface area contributed by atoms with E-state index >= 15 is 0 Å². The van der Waals surface area contributed by atoms with Crippen molar-refractivity contribution in [2.75, 3.05) is 25.5 Å². The monoisotopic (exact) mass is 513 g/mol. The SMILES string of the molecule is COC(=O)CCNS(=O)(=O)c1ccc(NC(=O)C2CCCN2S(=O)(=O)c2ccc(F)cc2)cc1. The Kier molecular flexibility index (Phi) is 8.02. The number of ether oxygens (including phenoxy) is 1. The van der Waals surface area contributed by atoms with Crippen molar-refractivity contribution in [3.63, 3.8) is 0 Å². The third kappa shape index (κ3) is 5.97. The van der Waals surface area contributed by atoms with Crippen LogP contribution in [0, 0.1) is 5.82 Å². The molecule has 1 aliphatic rings. The number of amides is 1. The van der Waals surface area contributed by atoms with Crippen LogP contribution in [0.3, 0.4) is 0 Å². The predicted octanol–water partition coefficient (Wildman–Crippen LogP) is 1.46. The minimum atomic E-state index is -4.00. The van der Waals surface area contributed by atoms with E-state index < -0.39 is 43.8 Å². The number of methoxy groups -OCH3 is 1. The summed E-state index contributed by atoms with van der Waals surface area (Å²) in [6.45, 7) is 0.0137. The molecular weight excluding hydrogens is 489 g/mol. The number of hydrogen-bond donors (Lipinski definition) is 2. The van der Waals surface area contributed by atoms with Crippen molar-refractivity contribution >= 4 is 37.6 Å². The third-order valence-electron chi connectivity index (χ3n) is 5.21. The summed E-state index contributed by atoms with van der Waals surface area (Å²) in [4.78, 5) is 23.8. The van der Waals surface area contributed by atoms with Crippen LogP contribution < -0.4 is 10.0 Å². The molecule has 1 fully saturated rings. The van der Waals surface area contributed by atoms with E-state index in [1.165, 1.54) is 31.4 Å². The lowest BCUT2D eigenvalue weighted by Crippen LogP contribution is -2.43. The van der Waals surface area contributed by atoms with Gasteiger partial charge in [0.25, 0.3) is 0 Å². The van der Waals surface area contributed by atoms with E-state index in [9.17, 15) is 30.8 Å². The van der Waals surface area contributed by atoms with Crippen molar-refractivity contribution in [2.24, 2.45) is 0 Å². The second kappa shape index (κ2) is 10.6.